The van der Waals surface area contributed by atoms with E-state index in [1.165, 1.54) is 6.42 Å². The van der Waals surface area contributed by atoms with Crippen molar-refractivity contribution in [3.63, 3.8) is 0 Å². The van der Waals surface area contributed by atoms with Crippen molar-refractivity contribution in [1.82, 2.24) is 20.1 Å². The van der Waals surface area contributed by atoms with Crippen molar-refractivity contribution in [1.29, 1.82) is 0 Å². The Morgan fingerprint density at radius 2 is 2.20 bits per heavy atom. The molecule has 5 heteroatoms. The van der Waals surface area contributed by atoms with Crippen LogP contribution in [0.1, 0.15) is 36.6 Å². The standard InChI is InChI=1S/C15H20N4O/c1-11(15-18-17-14-8-5-9-19(14)15)16-10-12-6-3-4-7-13(12)20-2/h3-4,6-7,11,16H,5,8-10H2,1-2H3. The number of fused-ring (bicyclic) bond motifs is 1. The first-order valence-corrected chi connectivity index (χ1v) is 7.07. The van der Waals surface area contributed by atoms with Crippen LogP contribution in [0.4, 0.5) is 0 Å². The predicted molar refractivity (Wildman–Crippen MR) is 76.6 cm³/mol. The van der Waals surface area contributed by atoms with Crippen LogP contribution < -0.4 is 10.1 Å². The van der Waals surface area contributed by atoms with Crippen molar-refractivity contribution >= 4 is 0 Å². The van der Waals surface area contributed by atoms with Gasteiger partial charge in [0.25, 0.3) is 0 Å². The number of hydrogen-bond acceptors (Lipinski definition) is 4. The van der Waals surface area contributed by atoms with Crippen LogP contribution in [-0.4, -0.2) is 21.9 Å². The summed E-state index contributed by atoms with van der Waals surface area (Å²) in [5.41, 5.74) is 1.16. The van der Waals surface area contributed by atoms with Crippen molar-refractivity contribution < 1.29 is 4.74 Å². The van der Waals surface area contributed by atoms with E-state index in [9.17, 15) is 0 Å². The maximum atomic E-state index is 5.37. The molecule has 3 rings (SSSR count). The fourth-order valence-electron chi connectivity index (χ4n) is 2.70. The molecular weight excluding hydrogens is 252 g/mol. The molecule has 0 bridgehead atoms. The molecule has 1 atom stereocenters. The largest absolute Gasteiger partial charge is 0.496 e. The molecule has 0 aliphatic carbocycles. The first-order valence-electron chi connectivity index (χ1n) is 7.07. The minimum Gasteiger partial charge on any atom is -0.496 e. The van der Waals surface area contributed by atoms with Gasteiger partial charge < -0.3 is 14.6 Å². The summed E-state index contributed by atoms with van der Waals surface area (Å²) in [7, 11) is 1.70. The summed E-state index contributed by atoms with van der Waals surface area (Å²) in [4.78, 5) is 0. The minimum atomic E-state index is 0.180. The average Bonchev–Trinajstić information content (AvgIpc) is 3.07. The second-order valence-corrected chi connectivity index (χ2v) is 5.14. The molecule has 0 spiro atoms. The summed E-state index contributed by atoms with van der Waals surface area (Å²) < 4.78 is 7.61. The lowest BCUT2D eigenvalue weighted by atomic mass is 10.2. The van der Waals surface area contributed by atoms with Crippen LogP contribution >= 0.6 is 0 Å². The van der Waals surface area contributed by atoms with Gasteiger partial charge in [0.15, 0.2) is 0 Å². The van der Waals surface area contributed by atoms with Gasteiger partial charge in [-0.1, -0.05) is 18.2 Å². The zero-order valence-electron chi connectivity index (χ0n) is 12.0. The summed E-state index contributed by atoms with van der Waals surface area (Å²) in [6.45, 7) is 3.93. The first kappa shape index (κ1) is 13.1. The fourth-order valence-corrected chi connectivity index (χ4v) is 2.70. The van der Waals surface area contributed by atoms with E-state index < -0.39 is 0 Å². The maximum Gasteiger partial charge on any atom is 0.149 e. The van der Waals surface area contributed by atoms with E-state index in [1.54, 1.807) is 7.11 Å². The fraction of sp³-hybridized carbons (Fsp3) is 0.467. The van der Waals surface area contributed by atoms with E-state index in [1.807, 2.05) is 18.2 Å². The molecule has 0 fully saturated rings. The van der Waals surface area contributed by atoms with Crippen LogP contribution in [0.25, 0.3) is 0 Å². The second kappa shape index (κ2) is 5.63. The van der Waals surface area contributed by atoms with Gasteiger partial charge in [-0.3, -0.25) is 0 Å². The lowest BCUT2D eigenvalue weighted by Gasteiger charge is -2.15. The Morgan fingerprint density at radius 3 is 3.05 bits per heavy atom. The van der Waals surface area contributed by atoms with Gasteiger partial charge in [-0.25, -0.2) is 0 Å². The van der Waals surface area contributed by atoms with E-state index in [2.05, 4.69) is 33.1 Å². The number of ether oxygens (including phenoxy) is 1. The average molecular weight is 272 g/mol. The number of rotatable bonds is 5. The molecule has 106 valence electrons. The molecule has 0 saturated carbocycles. The van der Waals surface area contributed by atoms with Gasteiger partial charge in [0.05, 0.1) is 13.2 Å². The lowest BCUT2D eigenvalue weighted by Crippen LogP contribution is -2.21. The Kier molecular flexibility index (Phi) is 3.69. The molecular formula is C15H20N4O. The van der Waals surface area contributed by atoms with Crippen LogP contribution in [0.15, 0.2) is 24.3 Å². The highest BCUT2D eigenvalue weighted by molar-refractivity contribution is 5.33. The van der Waals surface area contributed by atoms with Gasteiger partial charge in [-0.15, -0.1) is 10.2 Å². The summed E-state index contributed by atoms with van der Waals surface area (Å²) in [6.07, 6.45) is 2.23. The number of nitrogens with zero attached hydrogens (tertiary/aromatic N) is 3. The third-order valence-electron chi connectivity index (χ3n) is 3.82. The number of para-hydroxylation sites is 1. The van der Waals surface area contributed by atoms with Gasteiger partial charge in [0.2, 0.25) is 0 Å². The number of benzene rings is 1. The Bertz CT molecular complexity index is 593. The topological polar surface area (TPSA) is 52.0 Å². The summed E-state index contributed by atoms with van der Waals surface area (Å²) in [6, 6.07) is 8.25. The highest BCUT2D eigenvalue weighted by Gasteiger charge is 2.21. The molecule has 0 saturated heterocycles. The quantitative estimate of drug-likeness (QED) is 0.905. The molecule has 0 radical (unpaired) electrons. The predicted octanol–water partition coefficient (Wildman–Crippen LogP) is 2.08. The Balaban J connectivity index is 1.69. The summed E-state index contributed by atoms with van der Waals surface area (Å²) >= 11 is 0. The monoisotopic (exact) mass is 272 g/mol. The number of hydrogen-bond donors (Lipinski definition) is 1. The second-order valence-electron chi connectivity index (χ2n) is 5.14. The molecule has 1 N–H and O–H groups in total. The third kappa shape index (κ3) is 2.41. The van der Waals surface area contributed by atoms with Crippen molar-refractivity contribution in [3.8, 4) is 5.75 Å². The first-order chi connectivity index (χ1) is 9.79. The maximum absolute atomic E-state index is 5.37. The summed E-state index contributed by atoms with van der Waals surface area (Å²) in [5.74, 6) is 3.07. The zero-order valence-corrected chi connectivity index (χ0v) is 12.0. The normalized spacial score (nSPS) is 15.1. The van der Waals surface area contributed by atoms with Crippen molar-refractivity contribution in [2.75, 3.05) is 7.11 Å². The smallest absolute Gasteiger partial charge is 0.149 e. The SMILES string of the molecule is COc1ccccc1CNC(C)c1nnc2n1CCC2. The number of nitrogens with one attached hydrogen (secondary N) is 1. The van der Waals surface area contributed by atoms with E-state index in [0.717, 1.165) is 42.5 Å². The summed E-state index contributed by atoms with van der Waals surface area (Å²) in [5, 5.41) is 12.1. The molecule has 20 heavy (non-hydrogen) atoms. The highest BCUT2D eigenvalue weighted by atomic mass is 16.5. The molecule has 1 aliphatic heterocycles. The Hall–Kier alpha value is -1.88. The van der Waals surface area contributed by atoms with Crippen molar-refractivity contribution in [2.24, 2.45) is 0 Å². The van der Waals surface area contributed by atoms with E-state index >= 15 is 0 Å². The van der Waals surface area contributed by atoms with Gasteiger partial charge in [-0.05, 0) is 19.4 Å². The molecule has 0 amide bonds. The van der Waals surface area contributed by atoms with Crippen LogP contribution in [0.2, 0.25) is 0 Å². The third-order valence-corrected chi connectivity index (χ3v) is 3.82. The van der Waals surface area contributed by atoms with Crippen molar-refractivity contribution in [2.45, 2.75) is 38.9 Å². The van der Waals surface area contributed by atoms with E-state index in [4.69, 9.17) is 4.74 Å². The zero-order chi connectivity index (χ0) is 13.9. The molecule has 1 aliphatic rings. The molecule has 1 aromatic carbocycles. The van der Waals surface area contributed by atoms with Gasteiger partial charge >= 0.3 is 0 Å². The van der Waals surface area contributed by atoms with Crippen LogP contribution in [0.5, 0.6) is 5.75 Å². The molecule has 1 aromatic heterocycles. The van der Waals surface area contributed by atoms with E-state index in [-0.39, 0.29) is 6.04 Å². The minimum absolute atomic E-state index is 0.180. The number of methoxy groups -OCH3 is 1. The molecule has 5 nitrogen and oxygen atoms in total. The Labute approximate surface area is 119 Å². The number of aryl methyl sites for hydroxylation is 1. The van der Waals surface area contributed by atoms with Gasteiger partial charge in [0.1, 0.15) is 17.4 Å². The lowest BCUT2D eigenvalue weighted by molar-refractivity contribution is 0.405. The van der Waals surface area contributed by atoms with Crippen molar-refractivity contribution in [3.05, 3.63) is 41.5 Å². The molecule has 2 heterocycles. The van der Waals surface area contributed by atoms with Gasteiger partial charge in [0, 0.05) is 25.1 Å². The van der Waals surface area contributed by atoms with E-state index in [0.29, 0.717) is 0 Å². The number of aromatic nitrogens is 3. The molecule has 1 unspecified atom stereocenters. The van der Waals surface area contributed by atoms with Crippen LogP contribution in [0, 0.1) is 0 Å². The van der Waals surface area contributed by atoms with Crippen LogP contribution in [-0.2, 0) is 19.5 Å². The highest BCUT2D eigenvalue weighted by Crippen LogP contribution is 2.21. The van der Waals surface area contributed by atoms with Gasteiger partial charge in [-0.2, -0.15) is 0 Å². The van der Waals surface area contributed by atoms with Crippen LogP contribution in [0.3, 0.4) is 0 Å². The Morgan fingerprint density at radius 1 is 1.35 bits per heavy atom. The molecule has 2 aromatic rings.